The van der Waals surface area contributed by atoms with E-state index in [4.69, 9.17) is 5.84 Å². The number of hydrogen-bond donors (Lipinski definition) is 3. The topological polar surface area (TPSA) is 109 Å². The molecule has 1 aliphatic rings. The number of hydrazine groups is 1. The van der Waals surface area contributed by atoms with Gasteiger partial charge in [-0.2, -0.15) is 0 Å². The van der Waals surface area contributed by atoms with Crippen LogP contribution in [0.3, 0.4) is 0 Å². The van der Waals surface area contributed by atoms with Crippen LogP contribution in [0.2, 0.25) is 0 Å². The quantitative estimate of drug-likeness (QED) is 0.355. The van der Waals surface area contributed by atoms with E-state index in [0.29, 0.717) is 13.1 Å². The summed E-state index contributed by atoms with van der Waals surface area (Å²) in [5, 5.41) is 17.9. The van der Waals surface area contributed by atoms with Crippen molar-refractivity contribution in [1.82, 2.24) is 25.3 Å². The van der Waals surface area contributed by atoms with Crippen molar-refractivity contribution in [2.24, 2.45) is 5.84 Å². The van der Waals surface area contributed by atoms with Gasteiger partial charge in [0.15, 0.2) is 5.69 Å². The average molecular weight is 282 g/mol. The molecule has 1 aromatic rings. The van der Waals surface area contributed by atoms with E-state index in [0.717, 1.165) is 32.2 Å². The van der Waals surface area contributed by atoms with Crippen LogP contribution in [0.5, 0.6) is 0 Å². The maximum atomic E-state index is 11.2. The Morgan fingerprint density at radius 1 is 1.60 bits per heavy atom. The third-order valence-corrected chi connectivity index (χ3v) is 3.71. The van der Waals surface area contributed by atoms with Gasteiger partial charge in [-0.15, -0.1) is 5.10 Å². The molecule has 0 atom stereocenters. The van der Waals surface area contributed by atoms with Gasteiger partial charge in [0.2, 0.25) is 0 Å². The number of nitrogen functional groups attached to an aromatic ring is 1. The van der Waals surface area contributed by atoms with Crippen LogP contribution in [-0.2, 0) is 6.54 Å². The number of hydrogen-bond acceptors (Lipinski definition) is 6. The minimum atomic E-state index is -0.540. The number of carbonyl (C=O) groups is 1. The zero-order valence-corrected chi connectivity index (χ0v) is 11.7. The number of likely N-dealkylation sites (N-methyl/N-ethyl adjacent to an activating group) is 1. The smallest absolute Gasteiger partial charge is 0.287 e. The summed E-state index contributed by atoms with van der Waals surface area (Å²) in [5.41, 5.74) is 1.67. The molecule has 1 amide bonds. The number of nitrogens with two attached hydrogens (primary N) is 1. The van der Waals surface area contributed by atoms with E-state index >= 15 is 0 Å². The van der Waals surface area contributed by atoms with Crippen molar-refractivity contribution in [3.05, 3.63) is 11.9 Å². The van der Waals surface area contributed by atoms with Crippen molar-refractivity contribution in [1.29, 1.82) is 0 Å². The van der Waals surface area contributed by atoms with E-state index < -0.39 is 11.5 Å². The number of rotatable bonds is 6. The van der Waals surface area contributed by atoms with Crippen molar-refractivity contribution in [3.8, 4) is 0 Å². The fraction of sp³-hybridized carbons (Fsp3) is 0.750. The van der Waals surface area contributed by atoms with Crippen molar-refractivity contribution >= 4 is 5.91 Å². The molecule has 0 bridgehead atoms. The third-order valence-electron chi connectivity index (χ3n) is 3.71. The Hall–Kier alpha value is -1.51. The average Bonchev–Trinajstić information content (AvgIpc) is 3.04. The highest BCUT2D eigenvalue weighted by atomic mass is 16.3. The van der Waals surface area contributed by atoms with Crippen LogP contribution < -0.4 is 11.3 Å². The minimum Gasteiger partial charge on any atom is -0.389 e. The fourth-order valence-electron chi connectivity index (χ4n) is 2.63. The number of carbonyl (C=O) groups excluding carboxylic acids is 1. The van der Waals surface area contributed by atoms with Gasteiger partial charge in [-0.1, -0.05) is 18.1 Å². The molecule has 4 N–H and O–H groups in total. The Bertz CT molecular complexity index is 455. The fourth-order valence-corrected chi connectivity index (χ4v) is 2.63. The molecule has 20 heavy (non-hydrogen) atoms. The Morgan fingerprint density at radius 3 is 2.95 bits per heavy atom. The molecule has 112 valence electrons. The third kappa shape index (κ3) is 3.75. The molecular formula is C12H22N6O2. The molecule has 1 aliphatic carbocycles. The van der Waals surface area contributed by atoms with Crippen LogP contribution in [-0.4, -0.2) is 56.6 Å². The maximum absolute atomic E-state index is 11.2. The molecule has 1 saturated carbocycles. The SMILES string of the molecule is CN(CCn1cc(C(=O)NN)nn1)CC1(O)CCCC1. The van der Waals surface area contributed by atoms with Gasteiger partial charge in [0.05, 0.1) is 18.3 Å². The molecule has 0 radical (unpaired) electrons. The highest BCUT2D eigenvalue weighted by molar-refractivity contribution is 5.91. The lowest BCUT2D eigenvalue weighted by molar-refractivity contribution is 0.0155. The molecule has 0 unspecified atom stereocenters. The zero-order chi connectivity index (χ0) is 14.6. The predicted octanol–water partition coefficient (Wildman–Crippen LogP) is -0.881. The van der Waals surface area contributed by atoms with Crippen LogP contribution >= 0.6 is 0 Å². The van der Waals surface area contributed by atoms with Crippen LogP contribution in [0.4, 0.5) is 0 Å². The number of amides is 1. The number of nitrogens with one attached hydrogen (secondary N) is 1. The summed E-state index contributed by atoms with van der Waals surface area (Å²) in [5.74, 6) is 4.58. The van der Waals surface area contributed by atoms with E-state index in [1.165, 1.54) is 0 Å². The lowest BCUT2D eigenvalue weighted by Crippen LogP contribution is -2.40. The second kappa shape index (κ2) is 6.29. The van der Waals surface area contributed by atoms with Crippen molar-refractivity contribution in [2.45, 2.75) is 37.8 Å². The molecule has 0 spiro atoms. The molecule has 0 saturated heterocycles. The molecule has 2 rings (SSSR count). The summed E-state index contributed by atoms with van der Waals surface area (Å²) in [6.45, 7) is 2.00. The molecule has 8 nitrogen and oxygen atoms in total. The van der Waals surface area contributed by atoms with Gasteiger partial charge in [-0.25, -0.2) is 5.84 Å². The van der Waals surface area contributed by atoms with Crippen molar-refractivity contribution in [3.63, 3.8) is 0 Å². The van der Waals surface area contributed by atoms with E-state index in [1.807, 2.05) is 12.5 Å². The Morgan fingerprint density at radius 2 is 2.30 bits per heavy atom. The first-order valence-corrected chi connectivity index (χ1v) is 6.84. The lowest BCUT2D eigenvalue weighted by Gasteiger charge is -2.28. The second-order valence-electron chi connectivity index (χ2n) is 5.51. The summed E-state index contributed by atoms with van der Waals surface area (Å²) < 4.78 is 1.60. The van der Waals surface area contributed by atoms with Gasteiger partial charge >= 0.3 is 0 Å². The van der Waals surface area contributed by atoms with Crippen molar-refractivity contribution in [2.75, 3.05) is 20.1 Å². The Balaban J connectivity index is 1.79. The highest BCUT2D eigenvalue weighted by Gasteiger charge is 2.31. The second-order valence-corrected chi connectivity index (χ2v) is 5.51. The normalized spacial score (nSPS) is 17.6. The highest BCUT2D eigenvalue weighted by Crippen LogP contribution is 2.29. The van der Waals surface area contributed by atoms with E-state index in [2.05, 4.69) is 15.2 Å². The number of nitrogens with zero attached hydrogens (tertiary/aromatic N) is 4. The minimum absolute atomic E-state index is 0.199. The van der Waals surface area contributed by atoms with E-state index in [1.54, 1.807) is 10.9 Å². The molecule has 0 aromatic carbocycles. The summed E-state index contributed by atoms with van der Waals surface area (Å²) in [6, 6.07) is 0. The standard InChI is InChI=1S/C12H22N6O2/c1-17(9-12(20)4-2-3-5-12)6-7-18-8-10(15-16-18)11(19)14-13/h8,20H,2-7,9,13H2,1H3,(H,14,19). The first-order chi connectivity index (χ1) is 9.52. The lowest BCUT2D eigenvalue weighted by atomic mass is 10.0. The van der Waals surface area contributed by atoms with Crippen molar-refractivity contribution < 1.29 is 9.90 Å². The molecular weight excluding hydrogens is 260 g/mol. The van der Waals surface area contributed by atoms with Gasteiger partial charge in [0, 0.05) is 13.1 Å². The first kappa shape index (κ1) is 14.9. The monoisotopic (exact) mass is 282 g/mol. The van der Waals surface area contributed by atoms with Gasteiger partial charge in [-0.05, 0) is 19.9 Å². The van der Waals surface area contributed by atoms with Crippen LogP contribution in [0, 0.1) is 0 Å². The summed E-state index contributed by atoms with van der Waals surface area (Å²) in [7, 11) is 1.97. The Kier molecular flexibility index (Phi) is 4.69. The largest absolute Gasteiger partial charge is 0.389 e. The zero-order valence-electron chi connectivity index (χ0n) is 11.7. The van der Waals surface area contributed by atoms with Gasteiger partial charge in [-0.3, -0.25) is 14.9 Å². The maximum Gasteiger partial charge on any atom is 0.287 e. The first-order valence-electron chi connectivity index (χ1n) is 6.84. The van der Waals surface area contributed by atoms with Gasteiger partial charge in [0.25, 0.3) is 5.91 Å². The molecule has 1 fully saturated rings. The summed E-state index contributed by atoms with van der Waals surface area (Å²) in [4.78, 5) is 13.3. The molecule has 8 heteroatoms. The van der Waals surface area contributed by atoms with Crippen LogP contribution in [0.15, 0.2) is 6.20 Å². The molecule has 1 heterocycles. The Labute approximate surface area is 117 Å². The van der Waals surface area contributed by atoms with Gasteiger partial charge < -0.3 is 10.0 Å². The van der Waals surface area contributed by atoms with Crippen LogP contribution in [0.25, 0.3) is 0 Å². The number of aliphatic hydroxyl groups is 1. The summed E-state index contributed by atoms with van der Waals surface area (Å²) in [6.07, 6.45) is 5.51. The van der Waals surface area contributed by atoms with E-state index in [-0.39, 0.29) is 5.69 Å². The number of aromatic nitrogens is 3. The molecule has 0 aliphatic heterocycles. The predicted molar refractivity (Wildman–Crippen MR) is 72.6 cm³/mol. The molecule has 1 aromatic heterocycles. The van der Waals surface area contributed by atoms with Gasteiger partial charge in [0.1, 0.15) is 0 Å². The summed E-state index contributed by atoms with van der Waals surface area (Å²) >= 11 is 0. The van der Waals surface area contributed by atoms with Crippen LogP contribution in [0.1, 0.15) is 36.2 Å². The van der Waals surface area contributed by atoms with E-state index in [9.17, 15) is 9.90 Å².